The number of amides is 2. The van der Waals surface area contributed by atoms with Gasteiger partial charge in [0, 0.05) is 30.6 Å². The van der Waals surface area contributed by atoms with Crippen molar-refractivity contribution in [2.45, 2.75) is 38.6 Å². The molecule has 1 aromatic carbocycles. The van der Waals surface area contributed by atoms with Gasteiger partial charge in [-0.25, -0.2) is 14.4 Å². The van der Waals surface area contributed by atoms with Crippen molar-refractivity contribution in [3.8, 4) is 17.0 Å². The number of carbonyl (C=O) groups excluding carboxylic acids is 2. The second-order valence-corrected chi connectivity index (χ2v) is 9.57. The van der Waals surface area contributed by atoms with Gasteiger partial charge < -0.3 is 19.9 Å². The monoisotopic (exact) mass is 487 g/mol. The smallest absolute Gasteiger partial charge is 0.238 e. The molecule has 3 aliphatic rings. The van der Waals surface area contributed by atoms with Crippen molar-refractivity contribution in [3.05, 3.63) is 54.6 Å². The van der Waals surface area contributed by atoms with E-state index < -0.39 is 5.82 Å². The molecule has 2 saturated heterocycles. The number of pyridine rings is 2. The van der Waals surface area contributed by atoms with Crippen LogP contribution >= 0.6 is 0 Å². The lowest BCUT2D eigenvalue weighted by Gasteiger charge is -2.41. The number of aromatic nitrogens is 2. The zero-order valence-electron chi connectivity index (χ0n) is 19.9. The lowest BCUT2D eigenvalue weighted by atomic mass is 9.92. The predicted octanol–water partition coefficient (Wildman–Crippen LogP) is 4.68. The molecule has 0 bridgehead atoms. The van der Waals surface area contributed by atoms with Gasteiger partial charge in [-0.2, -0.15) is 0 Å². The quantitative estimate of drug-likeness (QED) is 0.575. The molecule has 3 aliphatic heterocycles. The van der Waals surface area contributed by atoms with Gasteiger partial charge in [-0.15, -0.1) is 0 Å². The minimum Gasteiger partial charge on any atom is -0.474 e. The number of halogens is 1. The summed E-state index contributed by atoms with van der Waals surface area (Å²) in [5.41, 5.74) is 3.12. The Morgan fingerprint density at radius 1 is 1.03 bits per heavy atom. The average molecular weight is 488 g/mol. The largest absolute Gasteiger partial charge is 0.474 e. The summed E-state index contributed by atoms with van der Waals surface area (Å²) >= 11 is 0. The number of hydrogen-bond donors (Lipinski definition) is 1. The second kappa shape index (κ2) is 8.89. The van der Waals surface area contributed by atoms with Crippen LogP contribution in [0.4, 0.5) is 27.3 Å². The van der Waals surface area contributed by atoms with Gasteiger partial charge in [0.15, 0.2) is 0 Å². The number of nitrogens with one attached hydrogen (secondary N) is 1. The molecule has 5 heterocycles. The fourth-order valence-electron chi connectivity index (χ4n) is 5.15. The summed E-state index contributed by atoms with van der Waals surface area (Å²) in [6, 6.07) is 10.4. The third-order valence-electron chi connectivity index (χ3n) is 7.14. The maximum Gasteiger partial charge on any atom is 0.238 e. The topological polar surface area (TPSA) is 87.7 Å². The van der Waals surface area contributed by atoms with E-state index in [-0.39, 0.29) is 23.8 Å². The summed E-state index contributed by atoms with van der Waals surface area (Å²) < 4.78 is 20.6. The van der Waals surface area contributed by atoms with Gasteiger partial charge in [-0.05, 0) is 55.2 Å². The van der Waals surface area contributed by atoms with Crippen molar-refractivity contribution in [2.75, 3.05) is 28.3 Å². The van der Waals surface area contributed by atoms with Crippen molar-refractivity contribution in [3.63, 3.8) is 0 Å². The van der Waals surface area contributed by atoms with Gasteiger partial charge in [0.2, 0.25) is 17.7 Å². The Hall–Kier alpha value is -4.01. The first-order valence-corrected chi connectivity index (χ1v) is 12.3. The lowest BCUT2D eigenvalue weighted by Crippen LogP contribution is -2.52. The van der Waals surface area contributed by atoms with Crippen LogP contribution in [0.5, 0.6) is 5.88 Å². The Morgan fingerprint density at radius 3 is 2.64 bits per heavy atom. The molecule has 2 atom stereocenters. The number of nitrogens with zero attached hydrogens (tertiary/aromatic N) is 4. The molecule has 0 saturated carbocycles. The Balaban J connectivity index is 1.20. The van der Waals surface area contributed by atoms with E-state index in [0.29, 0.717) is 53.9 Å². The van der Waals surface area contributed by atoms with Gasteiger partial charge >= 0.3 is 0 Å². The van der Waals surface area contributed by atoms with Crippen LogP contribution in [0, 0.1) is 11.7 Å². The summed E-state index contributed by atoms with van der Waals surface area (Å²) in [4.78, 5) is 37.0. The summed E-state index contributed by atoms with van der Waals surface area (Å²) in [5.74, 6) is 0.664. The SMILES string of the molecule is CC1CC[C@H]2COc3ncc(Nc4ccc(-c5ccc(N6CCCC6=O)c(F)c5)cn4)cc3N2C1=O. The van der Waals surface area contributed by atoms with Crippen molar-refractivity contribution in [1.82, 2.24) is 9.97 Å². The van der Waals surface area contributed by atoms with Crippen LogP contribution < -0.4 is 19.9 Å². The van der Waals surface area contributed by atoms with Crippen LogP contribution in [0.25, 0.3) is 11.1 Å². The molecule has 0 radical (unpaired) electrons. The molecular weight excluding hydrogens is 461 g/mol. The summed E-state index contributed by atoms with van der Waals surface area (Å²) in [6.45, 7) is 2.97. The number of piperidine rings is 1. The summed E-state index contributed by atoms with van der Waals surface area (Å²) in [5, 5.41) is 3.23. The van der Waals surface area contributed by atoms with Gasteiger partial charge in [-0.3, -0.25) is 9.59 Å². The molecule has 9 heteroatoms. The van der Waals surface area contributed by atoms with E-state index in [4.69, 9.17) is 4.74 Å². The van der Waals surface area contributed by atoms with Crippen LogP contribution in [0.1, 0.15) is 32.6 Å². The van der Waals surface area contributed by atoms with E-state index in [1.165, 1.54) is 11.0 Å². The first-order valence-electron chi connectivity index (χ1n) is 12.3. The van der Waals surface area contributed by atoms with Crippen LogP contribution in [0.15, 0.2) is 48.8 Å². The number of hydrogen-bond acceptors (Lipinski definition) is 6. The highest BCUT2D eigenvalue weighted by atomic mass is 19.1. The normalized spacial score (nSPS) is 21.2. The van der Waals surface area contributed by atoms with Crippen LogP contribution in [-0.4, -0.2) is 41.0 Å². The molecule has 1 N–H and O–H groups in total. The molecule has 2 aromatic heterocycles. The van der Waals surface area contributed by atoms with Crippen molar-refractivity contribution in [2.24, 2.45) is 5.92 Å². The maximum absolute atomic E-state index is 14.8. The molecule has 1 unspecified atom stereocenters. The number of carbonyl (C=O) groups is 2. The number of fused-ring (bicyclic) bond motifs is 3. The second-order valence-electron chi connectivity index (χ2n) is 9.57. The van der Waals surface area contributed by atoms with Gasteiger partial charge in [0.25, 0.3) is 0 Å². The molecular formula is C27H26FN5O3. The first-order chi connectivity index (χ1) is 17.5. The van der Waals surface area contributed by atoms with E-state index in [1.54, 1.807) is 30.6 Å². The molecule has 0 spiro atoms. The maximum atomic E-state index is 14.8. The van der Waals surface area contributed by atoms with E-state index in [1.807, 2.05) is 24.0 Å². The van der Waals surface area contributed by atoms with E-state index >= 15 is 0 Å². The minimum absolute atomic E-state index is 0.0206. The number of anilines is 4. The highest BCUT2D eigenvalue weighted by Gasteiger charge is 2.39. The van der Waals surface area contributed by atoms with Gasteiger partial charge in [-0.1, -0.05) is 13.0 Å². The van der Waals surface area contributed by atoms with E-state index in [9.17, 15) is 14.0 Å². The molecule has 3 aromatic rings. The van der Waals surface area contributed by atoms with E-state index in [2.05, 4.69) is 15.3 Å². The molecule has 184 valence electrons. The highest BCUT2D eigenvalue weighted by molar-refractivity contribution is 5.98. The molecule has 2 fully saturated rings. The summed E-state index contributed by atoms with van der Waals surface area (Å²) in [6.07, 6.45) is 6.30. The zero-order valence-corrected chi connectivity index (χ0v) is 19.9. The number of rotatable bonds is 4. The molecule has 6 rings (SSSR count). The number of ether oxygens (including phenoxy) is 1. The average Bonchev–Trinajstić information content (AvgIpc) is 3.31. The zero-order chi connectivity index (χ0) is 24.8. The Bertz CT molecular complexity index is 1350. The van der Waals surface area contributed by atoms with Gasteiger partial charge in [0.05, 0.1) is 23.6 Å². The fraction of sp³-hybridized carbons (Fsp3) is 0.333. The van der Waals surface area contributed by atoms with Crippen molar-refractivity contribution < 1.29 is 18.7 Å². The number of benzene rings is 1. The summed E-state index contributed by atoms with van der Waals surface area (Å²) in [7, 11) is 0. The Kier molecular flexibility index (Phi) is 5.55. The molecule has 36 heavy (non-hydrogen) atoms. The van der Waals surface area contributed by atoms with Crippen LogP contribution in [0.3, 0.4) is 0 Å². The van der Waals surface area contributed by atoms with Crippen molar-refractivity contribution in [1.29, 1.82) is 0 Å². The Morgan fingerprint density at radius 2 is 1.89 bits per heavy atom. The standard InChI is InChI=1S/C27H26FN5O3/c1-16-4-7-20-15-36-26-23(33(20)27(16)35)12-19(14-30-26)31-24-9-6-18(13-29-24)17-5-8-22(21(28)11-17)32-10-2-3-25(32)34/h5-6,8-9,11-14,16,20H,2-4,7,10,15H2,1H3,(H,29,31)/t16?,20-/m0/s1. The van der Waals surface area contributed by atoms with Crippen LogP contribution in [-0.2, 0) is 9.59 Å². The van der Waals surface area contributed by atoms with E-state index in [0.717, 1.165) is 24.8 Å². The van der Waals surface area contributed by atoms with Crippen molar-refractivity contribution >= 4 is 34.7 Å². The van der Waals surface area contributed by atoms with Gasteiger partial charge in [0.1, 0.15) is 23.9 Å². The lowest BCUT2D eigenvalue weighted by molar-refractivity contribution is -0.124. The highest BCUT2D eigenvalue weighted by Crippen LogP contribution is 2.39. The third-order valence-corrected chi connectivity index (χ3v) is 7.14. The fourth-order valence-corrected chi connectivity index (χ4v) is 5.15. The Labute approximate surface area is 208 Å². The molecule has 0 aliphatic carbocycles. The minimum atomic E-state index is -0.424. The third kappa shape index (κ3) is 3.94. The first kappa shape index (κ1) is 22.5. The predicted molar refractivity (Wildman–Crippen MR) is 134 cm³/mol. The van der Waals surface area contributed by atoms with Crippen LogP contribution in [0.2, 0.25) is 0 Å². The molecule has 8 nitrogen and oxygen atoms in total. The molecule has 2 amide bonds.